The maximum Gasteiger partial charge on any atom is 0.171 e. The first-order valence-corrected chi connectivity index (χ1v) is 6.75. The summed E-state index contributed by atoms with van der Waals surface area (Å²) < 4.78 is 5.37. The van der Waals surface area contributed by atoms with Crippen molar-refractivity contribution >= 4 is 17.4 Å². The second kappa shape index (κ2) is 5.85. The summed E-state index contributed by atoms with van der Waals surface area (Å²) >= 11 is 6.17. The van der Waals surface area contributed by atoms with E-state index in [0.29, 0.717) is 11.1 Å². The first-order valence-electron chi connectivity index (χ1n) is 6.37. The van der Waals surface area contributed by atoms with E-state index in [-0.39, 0.29) is 0 Å². The van der Waals surface area contributed by atoms with E-state index in [2.05, 4.69) is 14.9 Å². The first kappa shape index (κ1) is 13.6. The van der Waals surface area contributed by atoms with Gasteiger partial charge in [-0.2, -0.15) is 0 Å². The Hall–Kier alpha value is -0.870. The fraction of sp³-hybridized carbons (Fsp3) is 0.692. The number of rotatable bonds is 3. The van der Waals surface area contributed by atoms with Gasteiger partial charge in [-0.1, -0.05) is 11.6 Å². The SMILES string of the molecule is Cc1nc(Cl)c(N(C)CC2CCOCC2)nc1C. The molecule has 100 valence electrons. The Labute approximate surface area is 113 Å². The summed E-state index contributed by atoms with van der Waals surface area (Å²) in [6.45, 7) is 6.58. The Balaban J connectivity index is 2.08. The molecule has 0 aromatic carbocycles. The van der Waals surface area contributed by atoms with Crippen LogP contribution in [0.25, 0.3) is 0 Å². The van der Waals surface area contributed by atoms with Crippen LogP contribution in [-0.2, 0) is 4.74 Å². The van der Waals surface area contributed by atoms with Crippen LogP contribution in [0.2, 0.25) is 5.15 Å². The number of aromatic nitrogens is 2. The van der Waals surface area contributed by atoms with E-state index in [9.17, 15) is 0 Å². The minimum absolute atomic E-state index is 0.493. The number of halogens is 1. The van der Waals surface area contributed by atoms with E-state index >= 15 is 0 Å². The van der Waals surface area contributed by atoms with Crippen molar-refractivity contribution in [1.82, 2.24) is 9.97 Å². The van der Waals surface area contributed by atoms with Crippen LogP contribution in [0, 0.1) is 19.8 Å². The third kappa shape index (κ3) is 3.12. The molecule has 0 saturated carbocycles. The number of anilines is 1. The molecule has 4 nitrogen and oxygen atoms in total. The smallest absolute Gasteiger partial charge is 0.171 e. The zero-order valence-electron chi connectivity index (χ0n) is 11.2. The molecule has 2 heterocycles. The van der Waals surface area contributed by atoms with E-state index in [0.717, 1.165) is 49.8 Å². The van der Waals surface area contributed by atoms with Gasteiger partial charge in [0.15, 0.2) is 11.0 Å². The van der Waals surface area contributed by atoms with E-state index in [1.165, 1.54) is 0 Å². The molecule has 1 aromatic rings. The Morgan fingerprint density at radius 3 is 2.50 bits per heavy atom. The molecule has 0 radical (unpaired) electrons. The van der Waals surface area contributed by atoms with Crippen molar-refractivity contribution in [3.8, 4) is 0 Å². The Morgan fingerprint density at radius 2 is 1.83 bits per heavy atom. The second-order valence-electron chi connectivity index (χ2n) is 4.95. The van der Waals surface area contributed by atoms with Gasteiger partial charge in [0.05, 0.1) is 11.4 Å². The van der Waals surface area contributed by atoms with Gasteiger partial charge in [0.1, 0.15) is 0 Å². The molecule has 1 saturated heterocycles. The average Bonchev–Trinajstić information content (AvgIpc) is 2.35. The average molecular weight is 270 g/mol. The highest BCUT2D eigenvalue weighted by molar-refractivity contribution is 6.31. The van der Waals surface area contributed by atoms with E-state index in [1.54, 1.807) is 0 Å². The summed E-state index contributed by atoms with van der Waals surface area (Å²) in [5, 5.41) is 0.493. The van der Waals surface area contributed by atoms with Gasteiger partial charge in [-0.15, -0.1) is 0 Å². The van der Waals surface area contributed by atoms with E-state index in [1.807, 2.05) is 20.9 Å². The van der Waals surface area contributed by atoms with Crippen LogP contribution < -0.4 is 4.90 Å². The van der Waals surface area contributed by atoms with E-state index < -0.39 is 0 Å². The molecule has 0 aliphatic carbocycles. The van der Waals surface area contributed by atoms with Gasteiger partial charge in [0.25, 0.3) is 0 Å². The predicted octanol–water partition coefficient (Wildman–Crippen LogP) is 2.61. The number of aryl methyl sites for hydroxylation is 2. The molecule has 0 amide bonds. The van der Waals surface area contributed by atoms with Crippen LogP contribution >= 0.6 is 11.6 Å². The van der Waals surface area contributed by atoms with Gasteiger partial charge < -0.3 is 9.64 Å². The molecule has 1 aliphatic rings. The van der Waals surface area contributed by atoms with Crippen molar-refractivity contribution in [3.63, 3.8) is 0 Å². The lowest BCUT2D eigenvalue weighted by atomic mass is 10.00. The Kier molecular flexibility index (Phi) is 4.40. The normalized spacial score (nSPS) is 16.9. The van der Waals surface area contributed by atoms with Crippen LogP contribution in [-0.4, -0.2) is 36.8 Å². The Bertz CT molecular complexity index is 419. The summed E-state index contributed by atoms with van der Waals surface area (Å²) in [5.74, 6) is 1.44. The number of nitrogens with zero attached hydrogens (tertiary/aromatic N) is 3. The van der Waals surface area contributed by atoms with Crippen LogP contribution in [0.15, 0.2) is 0 Å². The summed E-state index contributed by atoms with van der Waals surface area (Å²) in [6.07, 6.45) is 2.22. The third-order valence-corrected chi connectivity index (χ3v) is 3.74. The lowest BCUT2D eigenvalue weighted by Gasteiger charge is -2.28. The maximum absolute atomic E-state index is 6.17. The van der Waals surface area contributed by atoms with Crippen LogP contribution in [0.5, 0.6) is 0 Å². The molecule has 0 atom stereocenters. The molecule has 2 rings (SSSR count). The van der Waals surface area contributed by atoms with Crippen molar-refractivity contribution in [1.29, 1.82) is 0 Å². The summed E-state index contributed by atoms with van der Waals surface area (Å²) in [6, 6.07) is 0. The zero-order chi connectivity index (χ0) is 13.1. The van der Waals surface area contributed by atoms with Crippen LogP contribution in [0.4, 0.5) is 5.82 Å². The standard InChI is InChI=1S/C13H20ClN3O/c1-9-10(2)16-13(12(14)15-9)17(3)8-11-4-6-18-7-5-11/h11H,4-8H2,1-3H3. The molecule has 18 heavy (non-hydrogen) atoms. The number of hydrogen-bond donors (Lipinski definition) is 0. The fourth-order valence-corrected chi connectivity index (χ4v) is 2.52. The van der Waals surface area contributed by atoms with E-state index in [4.69, 9.17) is 16.3 Å². The van der Waals surface area contributed by atoms with Crippen molar-refractivity contribution in [2.24, 2.45) is 5.92 Å². The topological polar surface area (TPSA) is 38.2 Å². The Morgan fingerprint density at radius 1 is 1.22 bits per heavy atom. The molecular weight excluding hydrogens is 250 g/mol. The quantitative estimate of drug-likeness (QED) is 0.846. The van der Waals surface area contributed by atoms with Crippen LogP contribution in [0.1, 0.15) is 24.2 Å². The van der Waals surface area contributed by atoms with Crippen LogP contribution in [0.3, 0.4) is 0 Å². The lowest BCUT2D eigenvalue weighted by Crippen LogP contribution is -2.30. The zero-order valence-corrected chi connectivity index (χ0v) is 12.0. The lowest BCUT2D eigenvalue weighted by molar-refractivity contribution is 0.0685. The van der Waals surface area contributed by atoms with Crippen molar-refractivity contribution < 1.29 is 4.74 Å². The fourth-order valence-electron chi connectivity index (χ4n) is 2.21. The van der Waals surface area contributed by atoms with Gasteiger partial charge >= 0.3 is 0 Å². The van der Waals surface area contributed by atoms with Gasteiger partial charge in [0.2, 0.25) is 0 Å². The maximum atomic E-state index is 6.17. The number of ether oxygens (including phenoxy) is 1. The molecule has 1 fully saturated rings. The molecule has 0 N–H and O–H groups in total. The highest BCUT2D eigenvalue weighted by atomic mass is 35.5. The highest BCUT2D eigenvalue weighted by Crippen LogP contribution is 2.24. The summed E-state index contributed by atoms with van der Waals surface area (Å²) in [7, 11) is 2.03. The molecule has 1 aromatic heterocycles. The van der Waals surface area contributed by atoms with Gasteiger partial charge in [0, 0.05) is 26.8 Å². The number of hydrogen-bond acceptors (Lipinski definition) is 4. The third-order valence-electron chi connectivity index (χ3n) is 3.48. The van der Waals surface area contributed by atoms with Crippen molar-refractivity contribution in [3.05, 3.63) is 16.5 Å². The molecule has 0 bridgehead atoms. The molecule has 1 aliphatic heterocycles. The molecule has 0 spiro atoms. The minimum atomic E-state index is 0.493. The second-order valence-corrected chi connectivity index (χ2v) is 5.30. The van der Waals surface area contributed by atoms with Gasteiger partial charge in [-0.05, 0) is 32.6 Å². The van der Waals surface area contributed by atoms with Gasteiger partial charge in [-0.25, -0.2) is 9.97 Å². The molecule has 5 heteroatoms. The molecular formula is C13H20ClN3O. The first-order chi connectivity index (χ1) is 8.58. The van der Waals surface area contributed by atoms with Crippen molar-refractivity contribution in [2.75, 3.05) is 31.7 Å². The van der Waals surface area contributed by atoms with Gasteiger partial charge in [-0.3, -0.25) is 0 Å². The van der Waals surface area contributed by atoms with Crippen molar-refractivity contribution in [2.45, 2.75) is 26.7 Å². The summed E-state index contributed by atoms with van der Waals surface area (Å²) in [4.78, 5) is 11.0. The molecule has 0 unspecified atom stereocenters. The summed E-state index contributed by atoms with van der Waals surface area (Å²) in [5.41, 5.74) is 1.83. The highest BCUT2D eigenvalue weighted by Gasteiger charge is 2.18. The minimum Gasteiger partial charge on any atom is -0.381 e. The predicted molar refractivity (Wildman–Crippen MR) is 73.3 cm³/mol. The largest absolute Gasteiger partial charge is 0.381 e. The monoisotopic (exact) mass is 269 g/mol.